The molecule has 1 amide bonds. The SMILES string of the molecule is CSCCCCCCNC(=O)c1cccc(C)c1N. The lowest BCUT2D eigenvalue weighted by Crippen LogP contribution is -2.25. The van der Waals surface area contributed by atoms with Gasteiger partial charge in [-0.15, -0.1) is 0 Å². The van der Waals surface area contributed by atoms with Crippen LogP contribution in [-0.2, 0) is 0 Å². The van der Waals surface area contributed by atoms with Crippen LogP contribution >= 0.6 is 11.8 Å². The monoisotopic (exact) mass is 280 g/mol. The van der Waals surface area contributed by atoms with Crippen molar-refractivity contribution in [3.05, 3.63) is 29.3 Å². The summed E-state index contributed by atoms with van der Waals surface area (Å²) in [6.07, 6.45) is 6.84. The maximum atomic E-state index is 12.0. The molecule has 3 N–H and O–H groups in total. The van der Waals surface area contributed by atoms with Gasteiger partial charge in [0.25, 0.3) is 5.91 Å². The molecule has 106 valence electrons. The Labute approximate surface area is 120 Å². The number of nitrogens with one attached hydrogen (secondary N) is 1. The number of hydrogen-bond donors (Lipinski definition) is 2. The molecule has 0 aromatic heterocycles. The fourth-order valence-electron chi connectivity index (χ4n) is 1.90. The number of anilines is 1. The average Bonchev–Trinajstić information content (AvgIpc) is 2.40. The number of carbonyl (C=O) groups is 1. The second kappa shape index (κ2) is 8.86. The molecule has 0 aliphatic carbocycles. The van der Waals surface area contributed by atoms with Gasteiger partial charge in [-0.05, 0) is 43.4 Å². The van der Waals surface area contributed by atoms with Crippen molar-refractivity contribution in [3.8, 4) is 0 Å². The molecular weight excluding hydrogens is 256 g/mol. The molecule has 0 spiro atoms. The summed E-state index contributed by atoms with van der Waals surface area (Å²) in [7, 11) is 0. The summed E-state index contributed by atoms with van der Waals surface area (Å²) in [5.74, 6) is 1.16. The highest BCUT2D eigenvalue weighted by Gasteiger charge is 2.09. The van der Waals surface area contributed by atoms with Gasteiger partial charge in [-0.3, -0.25) is 4.79 Å². The number of unbranched alkanes of at least 4 members (excludes halogenated alkanes) is 3. The lowest BCUT2D eigenvalue weighted by atomic mass is 10.1. The van der Waals surface area contributed by atoms with E-state index in [4.69, 9.17) is 5.73 Å². The van der Waals surface area contributed by atoms with E-state index in [2.05, 4.69) is 11.6 Å². The molecule has 1 rings (SSSR count). The van der Waals surface area contributed by atoms with Crippen molar-refractivity contribution >= 4 is 23.4 Å². The van der Waals surface area contributed by atoms with Crippen LogP contribution in [0.2, 0.25) is 0 Å². The van der Waals surface area contributed by atoms with Crippen LogP contribution in [0.25, 0.3) is 0 Å². The van der Waals surface area contributed by atoms with Crippen LogP contribution < -0.4 is 11.1 Å². The Kier molecular flexibility index (Phi) is 7.41. The van der Waals surface area contributed by atoms with E-state index in [-0.39, 0.29) is 5.91 Å². The van der Waals surface area contributed by atoms with Crippen LogP contribution in [0, 0.1) is 6.92 Å². The number of amides is 1. The first-order valence-electron chi connectivity index (χ1n) is 6.79. The molecule has 0 saturated carbocycles. The van der Waals surface area contributed by atoms with Crippen molar-refractivity contribution in [2.75, 3.05) is 24.3 Å². The third kappa shape index (κ3) is 5.55. The van der Waals surface area contributed by atoms with Gasteiger partial charge in [0.05, 0.1) is 5.56 Å². The van der Waals surface area contributed by atoms with Crippen LogP contribution in [0.5, 0.6) is 0 Å². The smallest absolute Gasteiger partial charge is 0.253 e. The predicted octanol–water partition coefficient (Wildman–Crippen LogP) is 3.23. The van der Waals surface area contributed by atoms with Crippen LogP contribution in [0.15, 0.2) is 18.2 Å². The van der Waals surface area contributed by atoms with E-state index in [0.29, 0.717) is 11.3 Å². The summed E-state index contributed by atoms with van der Waals surface area (Å²) in [6, 6.07) is 5.55. The molecule has 0 atom stereocenters. The minimum absolute atomic E-state index is 0.0645. The van der Waals surface area contributed by atoms with Crippen molar-refractivity contribution in [1.82, 2.24) is 5.32 Å². The topological polar surface area (TPSA) is 55.1 Å². The number of rotatable bonds is 8. The Balaban J connectivity index is 2.26. The van der Waals surface area contributed by atoms with Crippen molar-refractivity contribution < 1.29 is 4.79 Å². The summed E-state index contributed by atoms with van der Waals surface area (Å²) >= 11 is 1.89. The summed E-state index contributed by atoms with van der Waals surface area (Å²) in [6.45, 7) is 2.64. The number of nitrogens with two attached hydrogens (primary N) is 1. The maximum absolute atomic E-state index is 12.0. The third-order valence-electron chi connectivity index (χ3n) is 3.13. The van der Waals surface area contributed by atoms with Gasteiger partial charge in [0, 0.05) is 12.2 Å². The average molecular weight is 280 g/mol. The summed E-state index contributed by atoms with van der Waals surface area (Å²) < 4.78 is 0. The van der Waals surface area contributed by atoms with Crippen molar-refractivity contribution in [2.24, 2.45) is 0 Å². The first kappa shape index (κ1) is 15.9. The summed E-state index contributed by atoms with van der Waals surface area (Å²) in [5.41, 5.74) is 8.02. The van der Waals surface area contributed by atoms with Gasteiger partial charge in [0.2, 0.25) is 0 Å². The van der Waals surface area contributed by atoms with E-state index < -0.39 is 0 Å². The standard InChI is InChI=1S/C15H24N2OS/c1-12-8-7-9-13(14(12)16)15(18)17-10-5-3-4-6-11-19-2/h7-9H,3-6,10-11,16H2,1-2H3,(H,17,18). The minimum Gasteiger partial charge on any atom is -0.398 e. The molecule has 0 fully saturated rings. The number of aryl methyl sites for hydroxylation is 1. The molecular formula is C15H24N2OS. The minimum atomic E-state index is -0.0645. The zero-order valence-corrected chi connectivity index (χ0v) is 12.7. The number of nitrogen functional groups attached to an aromatic ring is 1. The maximum Gasteiger partial charge on any atom is 0.253 e. The lowest BCUT2D eigenvalue weighted by Gasteiger charge is -2.09. The van der Waals surface area contributed by atoms with Crippen molar-refractivity contribution in [1.29, 1.82) is 0 Å². The van der Waals surface area contributed by atoms with E-state index in [1.165, 1.54) is 25.0 Å². The normalized spacial score (nSPS) is 10.4. The highest BCUT2D eigenvalue weighted by molar-refractivity contribution is 7.98. The van der Waals surface area contributed by atoms with Crippen molar-refractivity contribution in [3.63, 3.8) is 0 Å². The van der Waals surface area contributed by atoms with E-state index >= 15 is 0 Å². The van der Waals surface area contributed by atoms with Crippen LogP contribution in [0.3, 0.4) is 0 Å². The molecule has 0 unspecified atom stereocenters. The molecule has 0 radical (unpaired) electrons. The molecule has 3 nitrogen and oxygen atoms in total. The first-order valence-corrected chi connectivity index (χ1v) is 8.18. The second-order valence-corrected chi connectivity index (χ2v) is 5.68. The van der Waals surface area contributed by atoms with Gasteiger partial charge >= 0.3 is 0 Å². The quantitative estimate of drug-likeness (QED) is 0.568. The molecule has 0 aliphatic rings. The molecule has 0 saturated heterocycles. The Hall–Kier alpha value is -1.16. The van der Waals surface area contributed by atoms with E-state index in [1.807, 2.05) is 30.8 Å². The zero-order valence-electron chi connectivity index (χ0n) is 11.9. The van der Waals surface area contributed by atoms with Gasteiger partial charge in [-0.25, -0.2) is 0 Å². The first-order chi connectivity index (χ1) is 9.16. The Bertz CT molecular complexity index is 407. The molecule has 0 heterocycles. The molecule has 0 bridgehead atoms. The number of thioether (sulfide) groups is 1. The molecule has 19 heavy (non-hydrogen) atoms. The van der Waals surface area contributed by atoms with E-state index in [0.717, 1.165) is 18.5 Å². The number of carbonyl (C=O) groups excluding carboxylic acids is 1. The van der Waals surface area contributed by atoms with E-state index in [1.54, 1.807) is 6.07 Å². The molecule has 0 aliphatic heterocycles. The van der Waals surface area contributed by atoms with Crippen LogP contribution in [0.4, 0.5) is 5.69 Å². The van der Waals surface area contributed by atoms with E-state index in [9.17, 15) is 4.79 Å². The van der Waals surface area contributed by atoms with Crippen LogP contribution in [-0.4, -0.2) is 24.5 Å². The Morgan fingerprint density at radius 2 is 2.00 bits per heavy atom. The Morgan fingerprint density at radius 1 is 1.26 bits per heavy atom. The van der Waals surface area contributed by atoms with Crippen molar-refractivity contribution in [2.45, 2.75) is 32.6 Å². The molecule has 1 aromatic rings. The third-order valence-corrected chi connectivity index (χ3v) is 3.83. The van der Waals surface area contributed by atoms with Gasteiger partial charge in [-0.1, -0.05) is 25.0 Å². The number of para-hydroxylation sites is 1. The molecule has 1 aromatic carbocycles. The van der Waals surface area contributed by atoms with Gasteiger partial charge < -0.3 is 11.1 Å². The van der Waals surface area contributed by atoms with Gasteiger partial charge in [0.15, 0.2) is 0 Å². The summed E-state index contributed by atoms with van der Waals surface area (Å²) in [5, 5.41) is 2.93. The summed E-state index contributed by atoms with van der Waals surface area (Å²) in [4.78, 5) is 12.0. The van der Waals surface area contributed by atoms with Gasteiger partial charge in [-0.2, -0.15) is 11.8 Å². The fourth-order valence-corrected chi connectivity index (χ4v) is 2.39. The van der Waals surface area contributed by atoms with Crippen LogP contribution in [0.1, 0.15) is 41.6 Å². The van der Waals surface area contributed by atoms with Gasteiger partial charge in [0.1, 0.15) is 0 Å². The number of hydrogen-bond acceptors (Lipinski definition) is 3. The molecule has 4 heteroatoms. The highest BCUT2D eigenvalue weighted by Crippen LogP contribution is 2.16. The second-order valence-electron chi connectivity index (χ2n) is 4.70. The largest absolute Gasteiger partial charge is 0.398 e. The fraction of sp³-hybridized carbons (Fsp3) is 0.533. The zero-order chi connectivity index (χ0) is 14.1. The lowest BCUT2D eigenvalue weighted by molar-refractivity contribution is 0.0954. The predicted molar refractivity (Wildman–Crippen MR) is 84.8 cm³/mol. The number of benzene rings is 1. The highest BCUT2D eigenvalue weighted by atomic mass is 32.2. The Morgan fingerprint density at radius 3 is 2.74 bits per heavy atom.